The highest BCUT2D eigenvalue weighted by molar-refractivity contribution is 7.49. The van der Waals surface area contributed by atoms with Gasteiger partial charge >= 0.3 is 13.7 Å². The van der Waals surface area contributed by atoms with Gasteiger partial charge in [-0.25, -0.2) is 4.57 Å². The van der Waals surface area contributed by atoms with E-state index < -0.39 is 20.0 Å². The Bertz CT molecular complexity index is 416. The van der Waals surface area contributed by atoms with E-state index in [-0.39, 0.29) is 6.42 Å². The highest BCUT2D eigenvalue weighted by Gasteiger charge is 2.25. The predicted octanol–water partition coefficient (Wildman–Crippen LogP) is 2.04. The summed E-state index contributed by atoms with van der Waals surface area (Å²) in [5, 5.41) is 0. The standard InChI is InChI=1S/C10H13NO5P/c1-2-9(12)15-10(16-17(11,13)14)8-6-4-3-5-7-8/h3-7,10-11H,2H2,1H3,(H,13,14). The number of carbonyl (C=O) groups excluding carboxylic acids is 1. The highest BCUT2D eigenvalue weighted by atomic mass is 31.2. The number of carbonyl (C=O) groups is 1. The van der Waals surface area contributed by atoms with E-state index in [1.807, 2.05) is 0 Å². The quantitative estimate of drug-likeness (QED) is 0.495. The molecule has 2 atom stereocenters. The molecule has 93 valence electrons. The lowest BCUT2D eigenvalue weighted by molar-refractivity contribution is -0.165. The largest absolute Gasteiger partial charge is 0.431 e. The maximum Gasteiger partial charge on any atom is 0.420 e. The van der Waals surface area contributed by atoms with Gasteiger partial charge in [0.25, 0.3) is 0 Å². The summed E-state index contributed by atoms with van der Waals surface area (Å²) in [5.41, 5.74) is 7.21. The summed E-state index contributed by atoms with van der Waals surface area (Å²) in [6.07, 6.45) is -1.22. The van der Waals surface area contributed by atoms with Gasteiger partial charge in [0, 0.05) is 12.0 Å². The molecule has 6 nitrogen and oxygen atoms in total. The fourth-order valence-electron chi connectivity index (χ4n) is 1.09. The SMILES string of the molecule is CCC(=O)OC(OP([NH])(=O)O)c1ccccc1. The Morgan fingerprint density at radius 2 is 2.06 bits per heavy atom. The first kappa shape index (κ1) is 13.9. The smallest absolute Gasteiger partial charge is 0.420 e. The average Bonchev–Trinajstić information content (AvgIpc) is 2.27. The van der Waals surface area contributed by atoms with Gasteiger partial charge in [0.05, 0.1) is 0 Å². The third kappa shape index (κ3) is 5.10. The lowest BCUT2D eigenvalue weighted by Gasteiger charge is -2.18. The van der Waals surface area contributed by atoms with Crippen molar-refractivity contribution in [3.8, 4) is 0 Å². The molecule has 17 heavy (non-hydrogen) atoms. The number of esters is 1. The van der Waals surface area contributed by atoms with Crippen LogP contribution in [0.5, 0.6) is 0 Å². The molecule has 1 radical (unpaired) electrons. The first-order valence-electron chi connectivity index (χ1n) is 4.93. The maximum absolute atomic E-state index is 11.1. The molecule has 7 heteroatoms. The van der Waals surface area contributed by atoms with Crippen molar-refractivity contribution in [3.63, 3.8) is 0 Å². The number of benzene rings is 1. The van der Waals surface area contributed by atoms with Crippen LogP contribution >= 0.6 is 7.75 Å². The molecule has 0 bridgehead atoms. The Morgan fingerprint density at radius 1 is 1.47 bits per heavy atom. The lowest BCUT2D eigenvalue weighted by Crippen LogP contribution is -2.13. The van der Waals surface area contributed by atoms with Crippen LogP contribution in [-0.2, 0) is 18.6 Å². The summed E-state index contributed by atoms with van der Waals surface area (Å²) in [4.78, 5) is 20.0. The molecule has 2 unspecified atom stereocenters. The Hall–Kier alpha value is -1.20. The summed E-state index contributed by atoms with van der Waals surface area (Å²) in [6.45, 7) is 1.59. The van der Waals surface area contributed by atoms with E-state index in [1.165, 1.54) is 0 Å². The van der Waals surface area contributed by atoms with Gasteiger partial charge in [-0.1, -0.05) is 37.3 Å². The molecule has 0 saturated carbocycles. The molecular weight excluding hydrogens is 245 g/mol. The molecule has 1 aromatic rings. The van der Waals surface area contributed by atoms with Crippen LogP contribution in [0.15, 0.2) is 30.3 Å². The third-order valence-electron chi connectivity index (χ3n) is 1.84. The van der Waals surface area contributed by atoms with Crippen LogP contribution in [0.4, 0.5) is 0 Å². The van der Waals surface area contributed by atoms with Gasteiger partial charge in [0.1, 0.15) is 0 Å². The third-order valence-corrected chi connectivity index (χ3v) is 2.31. The van der Waals surface area contributed by atoms with E-state index in [9.17, 15) is 9.36 Å². The van der Waals surface area contributed by atoms with Crippen LogP contribution in [0.25, 0.3) is 0 Å². The van der Waals surface area contributed by atoms with Gasteiger partial charge in [-0.05, 0) is 0 Å². The van der Waals surface area contributed by atoms with Crippen LogP contribution in [0.1, 0.15) is 25.2 Å². The summed E-state index contributed by atoms with van der Waals surface area (Å²) in [5.74, 6) is -0.577. The van der Waals surface area contributed by atoms with Crippen molar-refractivity contribution in [1.29, 1.82) is 0 Å². The molecule has 0 aliphatic carbocycles. The molecule has 1 aromatic carbocycles. The molecule has 0 spiro atoms. The zero-order chi connectivity index (χ0) is 12.9. The molecule has 2 N–H and O–H groups in total. The summed E-state index contributed by atoms with van der Waals surface area (Å²) in [7, 11) is -4.48. The van der Waals surface area contributed by atoms with Gasteiger partial charge in [0.15, 0.2) is 0 Å². The van der Waals surface area contributed by atoms with E-state index in [4.69, 9.17) is 15.1 Å². The van der Waals surface area contributed by atoms with E-state index in [0.717, 1.165) is 0 Å². The first-order chi connectivity index (χ1) is 7.92. The number of ether oxygens (including phenoxy) is 1. The van der Waals surface area contributed by atoms with E-state index in [1.54, 1.807) is 37.3 Å². The number of hydrogen-bond acceptors (Lipinski definition) is 4. The second-order valence-electron chi connectivity index (χ2n) is 3.21. The second-order valence-corrected chi connectivity index (χ2v) is 4.46. The zero-order valence-corrected chi connectivity index (χ0v) is 10.1. The number of nitrogens with one attached hydrogen (secondary N) is 1. The van der Waals surface area contributed by atoms with Gasteiger partial charge < -0.3 is 9.63 Å². The topological polar surface area (TPSA) is 96.6 Å². The highest BCUT2D eigenvalue weighted by Crippen LogP contribution is 2.41. The van der Waals surface area contributed by atoms with Gasteiger partial charge in [0.2, 0.25) is 6.29 Å². The Labute approximate surface area is 98.9 Å². The molecule has 0 heterocycles. The maximum atomic E-state index is 11.1. The van der Waals surface area contributed by atoms with E-state index in [2.05, 4.69) is 4.52 Å². The van der Waals surface area contributed by atoms with Crippen molar-refractivity contribution in [1.82, 2.24) is 5.50 Å². The van der Waals surface area contributed by atoms with Crippen molar-refractivity contribution < 1.29 is 23.5 Å². The number of rotatable bonds is 5. The first-order valence-corrected chi connectivity index (χ1v) is 6.51. The van der Waals surface area contributed by atoms with Crippen molar-refractivity contribution in [3.05, 3.63) is 35.9 Å². The van der Waals surface area contributed by atoms with Crippen LogP contribution in [-0.4, -0.2) is 10.9 Å². The molecular formula is C10H13NO5P. The fraction of sp³-hybridized carbons (Fsp3) is 0.300. The second kappa shape index (κ2) is 5.93. The monoisotopic (exact) mass is 258 g/mol. The van der Waals surface area contributed by atoms with Crippen LogP contribution < -0.4 is 5.50 Å². The van der Waals surface area contributed by atoms with Crippen molar-refractivity contribution in [2.24, 2.45) is 0 Å². The lowest BCUT2D eigenvalue weighted by atomic mass is 10.2. The predicted molar refractivity (Wildman–Crippen MR) is 59.6 cm³/mol. The summed E-state index contributed by atoms with van der Waals surface area (Å²) >= 11 is 0. The Balaban J connectivity index is 2.87. The molecule has 0 saturated heterocycles. The molecule has 0 amide bonds. The van der Waals surface area contributed by atoms with Crippen molar-refractivity contribution in [2.75, 3.05) is 0 Å². The van der Waals surface area contributed by atoms with E-state index in [0.29, 0.717) is 5.56 Å². The molecule has 0 aliphatic heterocycles. The fourth-order valence-corrected chi connectivity index (χ4v) is 1.52. The Kier molecular flexibility index (Phi) is 4.84. The minimum absolute atomic E-state index is 0.112. The van der Waals surface area contributed by atoms with Crippen LogP contribution in [0.3, 0.4) is 0 Å². The van der Waals surface area contributed by atoms with Crippen molar-refractivity contribution in [2.45, 2.75) is 19.6 Å². The van der Waals surface area contributed by atoms with Crippen LogP contribution in [0, 0.1) is 0 Å². The van der Waals surface area contributed by atoms with Gasteiger partial charge in [-0.15, -0.1) is 5.50 Å². The number of hydrogen-bond donors (Lipinski definition) is 1. The average molecular weight is 258 g/mol. The normalized spacial score (nSPS) is 15.9. The van der Waals surface area contributed by atoms with Gasteiger partial charge in [-0.2, -0.15) is 0 Å². The molecule has 0 fully saturated rings. The molecule has 1 rings (SSSR count). The minimum atomic E-state index is -4.48. The molecule has 0 aliphatic rings. The van der Waals surface area contributed by atoms with Crippen molar-refractivity contribution >= 4 is 13.7 Å². The van der Waals surface area contributed by atoms with Gasteiger partial charge in [-0.3, -0.25) is 9.32 Å². The van der Waals surface area contributed by atoms with Crippen LogP contribution in [0.2, 0.25) is 0 Å². The summed E-state index contributed by atoms with van der Waals surface area (Å²) < 4.78 is 20.3. The molecule has 0 aromatic heterocycles. The zero-order valence-electron chi connectivity index (χ0n) is 9.20. The Morgan fingerprint density at radius 3 is 2.53 bits per heavy atom. The minimum Gasteiger partial charge on any atom is -0.431 e. The summed E-state index contributed by atoms with van der Waals surface area (Å²) in [6, 6.07) is 8.21. The van der Waals surface area contributed by atoms with E-state index >= 15 is 0 Å².